The smallest absolute Gasteiger partial charge is 0.0795 e. The van der Waals surface area contributed by atoms with Gasteiger partial charge >= 0.3 is 0 Å². The summed E-state index contributed by atoms with van der Waals surface area (Å²) in [6.07, 6.45) is 2.19. The van der Waals surface area contributed by atoms with Crippen molar-refractivity contribution < 1.29 is 0 Å². The molecule has 17 heavy (non-hydrogen) atoms. The van der Waals surface area contributed by atoms with Gasteiger partial charge in [0.15, 0.2) is 0 Å². The van der Waals surface area contributed by atoms with Crippen LogP contribution in [0.5, 0.6) is 0 Å². The van der Waals surface area contributed by atoms with Gasteiger partial charge in [-0.3, -0.25) is 11.3 Å². The van der Waals surface area contributed by atoms with E-state index in [9.17, 15) is 0 Å². The highest BCUT2D eigenvalue weighted by atomic mass is 32.1. The average molecular weight is 245 g/mol. The molecule has 2 unspecified atom stereocenters. The summed E-state index contributed by atoms with van der Waals surface area (Å²) in [5, 5.41) is 2.06. The van der Waals surface area contributed by atoms with Crippen LogP contribution < -0.4 is 11.3 Å². The Bertz CT molecular complexity index is 495. The van der Waals surface area contributed by atoms with Crippen LogP contribution in [0.1, 0.15) is 35.2 Å². The fourth-order valence-corrected chi connectivity index (χ4v) is 3.13. The number of benzene rings is 1. The monoisotopic (exact) mass is 245 g/mol. The molecule has 3 rings (SSSR count). The van der Waals surface area contributed by atoms with Crippen LogP contribution in [-0.4, -0.2) is 4.98 Å². The van der Waals surface area contributed by atoms with Crippen LogP contribution in [0.4, 0.5) is 0 Å². The topological polar surface area (TPSA) is 50.9 Å². The zero-order valence-electron chi connectivity index (χ0n) is 9.47. The normalized spacial score (nSPS) is 19.5. The molecule has 3 N–H and O–H groups in total. The molecule has 0 saturated carbocycles. The minimum atomic E-state index is 0.166. The van der Waals surface area contributed by atoms with Crippen molar-refractivity contribution in [2.75, 3.05) is 0 Å². The summed E-state index contributed by atoms with van der Waals surface area (Å²) in [4.78, 5) is 4.33. The van der Waals surface area contributed by atoms with Gasteiger partial charge in [-0.2, -0.15) is 0 Å². The first kappa shape index (κ1) is 10.9. The summed E-state index contributed by atoms with van der Waals surface area (Å²) >= 11 is 1.61. The van der Waals surface area contributed by atoms with E-state index in [4.69, 9.17) is 5.84 Å². The minimum absolute atomic E-state index is 0.166. The van der Waals surface area contributed by atoms with E-state index in [1.54, 1.807) is 11.3 Å². The second-order valence-electron chi connectivity index (χ2n) is 4.47. The van der Waals surface area contributed by atoms with E-state index < -0.39 is 0 Å². The number of hydrogen-bond donors (Lipinski definition) is 2. The van der Waals surface area contributed by atoms with Crippen LogP contribution in [-0.2, 0) is 6.42 Å². The first-order valence-corrected chi connectivity index (χ1v) is 6.75. The van der Waals surface area contributed by atoms with Crippen molar-refractivity contribution in [2.24, 2.45) is 5.84 Å². The molecule has 0 saturated heterocycles. The fourth-order valence-electron chi connectivity index (χ4n) is 2.53. The van der Waals surface area contributed by atoms with E-state index in [1.807, 2.05) is 5.51 Å². The van der Waals surface area contributed by atoms with E-state index in [1.165, 1.54) is 17.5 Å². The number of nitrogens with two attached hydrogens (primary N) is 1. The third-order valence-corrected chi connectivity index (χ3v) is 4.10. The fraction of sp³-hybridized carbons (Fsp3) is 0.308. The number of fused-ring (bicyclic) bond motifs is 1. The van der Waals surface area contributed by atoms with Gasteiger partial charge in [-0.05, 0) is 29.9 Å². The second kappa shape index (κ2) is 4.56. The van der Waals surface area contributed by atoms with Crippen LogP contribution >= 0.6 is 11.3 Å². The quantitative estimate of drug-likeness (QED) is 0.642. The van der Waals surface area contributed by atoms with Crippen LogP contribution in [0.15, 0.2) is 35.2 Å². The predicted octanol–water partition coefficient (Wildman–Crippen LogP) is 2.38. The highest BCUT2D eigenvalue weighted by molar-refractivity contribution is 7.07. The van der Waals surface area contributed by atoms with Crippen LogP contribution in [0.25, 0.3) is 0 Å². The lowest BCUT2D eigenvalue weighted by atomic mass is 9.74. The number of nitrogens with zero attached hydrogens (tertiary/aromatic N) is 1. The Morgan fingerprint density at radius 3 is 3.06 bits per heavy atom. The van der Waals surface area contributed by atoms with Crippen molar-refractivity contribution in [2.45, 2.75) is 24.8 Å². The molecule has 0 amide bonds. The lowest BCUT2D eigenvalue weighted by Gasteiger charge is -2.32. The molecular weight excluding hydrogens is 230 g/mol. The maximum atomic E-state index is 5.63. The van der Waals surface area contributed by atoms with Crippen LogP contribution in [0.3, 0.4) is 0 Å². The van der Waals surface area contributed by atoms with E-state index in [0.717, 1.165) is 12.1 Å². The molecule has 1 aliphatic carbocycles. The maximum Gasteiger partial charge on any atom is 0.0795 e. The zero-order chi connectivity index (χ0) is 11.7. The number of rotatable bonds is 4. The minimum Gasteiger partial charge on any atom is -0.271 e. The summed E-state index contributed by atoms with van der Waals surface area (Å²) in [5.41, 5.74) is 8.74. The van der Waals surface area contributed by atoms with Gasteiger partial charge in [0, 0.05) is 5.38 Å². The molecule has 1 aliphatic rings. The molecule has 0 radical (unpaired) electrons. The Kier molecular flexibility index (Phi) is 2.93. The van der Waals surface area contributed by atoms with Gasteiger partial charge in [0.2, 0.25) is 0 Å². The molecule has 0 fully saturated rings. The third-order valence-electron chi connectivity index (χ3n) is 3.49. The molecule has 0 bridgehead atoms. The molecule has 0 spiro atoms. The maximum absolute atomic E-state index is 5.63. The Morgan fingerprint density at radius 1 is 1.47 bits per heavy atom. The second-order valence-corrected chi connectivity index (χ2v) is 5.19. The summed E-state index contributed by atoms with van der Waals surface area (Å²) in [6.45, 7) is 0. The zero-order valence-corrected chi connectivity index (χ0v) is 10.3. The van der Waals surface area contributed by atoms with Gasteiger partial charge in [-0.15, -0.1) is 11.3 Å². The van der Waals surface area contributed by atoms with E-state index in [2.05, 4.69) is 40.1 Å². The third kappa shape index (κ3) is 1.99. The molecular formula is C13H15N3S. The number of aromatic nitrogens is 1. The van der Waals surface area contributed by atoms with E-state index >= 15 is 0 Å². The molecule has 1 heterocycles. The van der Waals surface area contributed by atoms with Gasteiger partial charge in [-0.25, -0.2) is 4.98 Å². The van der Waals surface area contributed by atoms with E-state index in [0.29, 0.717) is 5.92 Å². The highest BCUT2D eigenvalue weighted by Gasteiger charge is 2.28. The van der Waals surface area contributed by atoms with Crippen molar-refractivity contribution in [3.63, 3.8) is 0 Å². The summed E-state index contributed by atoms with van der Waals surface area (Å²) < 4.78 is 0. The molecule has 2 aromatic rings. The molecule has 3 nitrogen and oxygen atoms in total. The predicted molar refractivity (Wildman–Crippen MR) is 69.7 cm³/mol. The standard InChI is InChI=1S/C13H15N3S/c14-16-12(13-7-17-8-15-13)6-10-5-9-3-1-2-4-11(9)10/h1-4,7-8,10,12,16H,5-6,14H2. The molecule has 2 atom stereocenters. The Labute approximate surface area is 105 Å². The Morgan fingerprint density at radius 2 is 2.35 bits per heavy atom. The summed E-state index contributed by atoms with van der Waals surface area (Å²) in [7, 11) is 0. The van der Waals surface area contributed by atoms with Crippen molar-refractivity contribution in [3.05, 3.63) is 52.0 Å². The number of hydrogen-bond acceptors (Lipinski definition) is 4. The molecule has 88 valence electrons. The van der Waals surface area contributed by atoms with Crippen molar-refractivity contribution in [1.82, 2.24) is 10.4 Å². The number of thiazole rings is 1. The average Bonchev–Trinajstić information content (AvgIpc) is 2.84. The number of hydrazine groups is 1. The lowest BCUT2D eigenvalue weighted by Crippen LogP contribution is -2.31. The van der Waals surface area contributed by atoms with Crippen molar-refractivity contribution in [1.29, 1.82) is 0 Å². The van der Waals surface area contributed by atoms with Gasteiger partial charge < -0.3 is 0 Å². The van der Waals surface area contributed by atoms with Gasteiger partial charge in [0.05, 0.1) is 17.2 Å². The summed E-state index contributed by atoms with van der Waals surface area (Å²) in [6, 6.07) is 8.81. The lowest BCUT2D eigenvalue weighted by molar-refractivity contribution is 0.429. The molecule has 4 heteroatoms. The molecule has 0 aliphatic heterocycles. The highest BCUT2D eigenvalue weighted by Crippen LogP contribution is 2.40. The van der Waals surface area contributed by atoms with Gasteiger partial charge in [-0.1, -0.05) is 24.3 Å². The molecule has 1 aromatic carbocycles. The Balaban J connectivity index is 1.73. The van der Waals surface area contributed by atoms with E-state index in [-0.39, 0.29) is 6.04 Å². The molecule has 1 aromatic heterocycles. The van der Waals surface area contributed by atoms with Crippen molar-refractivity contribution in [3.8, 4) is 0 Å². The van der Waals surface area contributed by atoms with Crippen LogP contribution in [0.2, 0.25) is 0 Å². The largest absolute Gasteiger partial charge is 0.271 e. The first-order valence-electron chi connectivity index (χ1n) is 5.80. The van der Waals surface area contributed by atoms with Crippen LogP contribution in [0, 0.1) is 0 Å². The Hall–Kier alpha value is -1.23. The number of nitrogens with one attached hydrogen (secondary N) is 1. The van der Waals surface area contributed by atoms with Gasteiger partial charge in [0.1, 0.15) is 0 Å². The SMILES string of the molecule is NNC(CC1Cc2ccccc21)c1cscn1. The first-order chi connectivity index (χ1) is 8.38. The van der Waals surface area contributed by atoms with Gasteiger partial charge in [0.25, 0.3) is 0 Å². The van der Waals surface area contributed by atoms with Crippen molar-refractivity contribution >= 4 is 11.3 Å². The summed E-state index contributed by atoms with van der Waals surface area (Å²) in [5.74, 6) is 6.25.